The number of rotatable bonds is 7. The van der Waals surface area contributed by atoms with E-state index in [9.17, 15) is 18.0 Å². The van der Waals surface area contributed by atoms with Crippen LogP contribution in [0.2, 0.25) is 0 Å². The van der Waals surface area contributed by atoms with Crippen molar-refractivity contribution < 1.29 is 22.7 Å². The lowest BCUT2D eigenvalue weighted by Gasteiger charge is -2.11. The maximum atomic E-state index is 12.9. The molecule has 1 aromatic carbocycles. The number of nitrogens with one attached hydrogen (secondary N) is 1. The number of hydrogen-bond donors (Lipinski definition) is 1. The van der Waals surface area contributed by atoms with Crippen molar-refractivity contribution in [3.05, 3.63) is 64.5 Å². The Morgan fingerprint density at radius 2 is 1.85 bits per heavy atom. The summed E-state index contributed by atoms with van der Waals surface area (Å²) in [6.07, 6.45) is -2.85. The lowest BCUT2D eigenvalue weighted by molar-refractivity contribution is -0.137. The molecule has 27 heavy (non-hydrogen) atoms. The molecule has 0 unspecified atom stereocenters. The third kappa shape index (κ3) is 6.67. The molecule has 0 spiro atoms. The first-order valence-electron chi connectivity index (χ1n) is 8.64. The molecule has 0 aliphatic heterocycles. The van der Waals surface area contributed by atoms with Crippen molar-refractivity contribution in [2.24, 2.45) is 5.92 Å². The summed E-state index contributed by atoms with van der Waals surface area (Å²) in [4.78, 5) is 16.0. The first kappa shape index (κ1) is 20.9. The van der Waals surface area contributed by atoms with E-state index < -0.39 is 11.7 Å². The summed E-state index contributed by atoms with van der Waals surface area (Å²) in [5.41, 5.74) is 1.35. The number of benzene rings is 1. The highest BCUT2D eigenvalue weighted by atomic mass is 19.4. The Labute approximate surface area is 156 Å². The molecule has 0 radical (unpaired) electrons. The van der Waals surface area contributed by atoms with Crippen LogP contribution in [-0.4, -0.2) is 17.4 Å². The second kappa shape index (κ2) is 8.99. The Morgan fingerprint density at radius 3 is 2.44 bits per heavy atom. The molecule has 0 saturated heterocycles. The van der Waals surface area contributed by atoms with Crippen molar-refractivity contribution in [3.63, 3.8) is 0 Å². The van der Waals surface area contributed by atoms with E-state index in [1.54, 1.807) is 25.1 Å². The van der Waals surface area contributed by atoms with Gasteiger partial charge in [-0.25, -0.2) is 0 Å². The van der Waals surface area contributed by atoms with Gasteiger partial charge in [0.2, 0.25) is 0 Å². The van der Waals surface area contributed by atoms with E-state index in [-0.39, 0.29) is 19.1 Å². The van der Waals surface area contributed by atoms with Crippen LogP contribution in [0.25, 0.3) is 0 Å². The van der Waals surface area contributed by atoms with E-state index in [2.05, 4.69) is 10.3 Å². The van der Waals surface area contributed by atoms with Crippen LogP contribution >= 0.6 is 0 Å². The molecule has 2 rings (SSSR count). The number of hydrogen-bond acceptors (Lipinski definition) is 3. The van der Waals surface area contributed by atoms with Crippen molar-refractivity contribution in [1.29, 1.82) is 0 Å². The van der Waals surface area contributed by atoms with Gasteiger partial charge in [-0.2, -0.15) is 13.2 Å². The third-order valence-corrected chi connectivity index (χ3v) is 3.73. The average Bonchev–Trinajstić information content (AvgIpc) is 2.59. The highest BCUT2D eigenvalue weighted by Gasteiger charge is 2.30. The van der Waals surface area contributed by atoms with Crippen molar-refractivity contribution in [2.45, 2.75) is 40.2 Å². The smallest absolute Gasteiger partial charge is 0.372 e. The lowest BCUT2D eigenvalue weighted by atomic mass is 10.1. The van der Waals surface area contributed by atoms with E-state index in [0.717, 1.165) is 17.7 Å². The number of aromatic nitrogens is 1. The second-order valence-corrected chi connectivity index (χ2v) is 6.85. The molecule has 0 saturated carbocycles. The number of carbonyl (C=O) groups is 1. The Hall–Kier alpha value is -2.41. The number of halogens is 3. The van der Waals surface area contributed by atoms with Crippen LogP contribution in [0.1, 0.15) is 46.6 Å². The summed E-state index contributed by atoms with van der Waals surface area (Å²) in [7, 11) is 0. The number of alkyl halides is 3. The first-order valence-corrected chi connectivity index (χ1v) is 8.64. The van der Waals surface area contributed by atoms with Gasteiger partial charge in [-0.15, -0.1) is 0 Å². The Balaban J connectivity index is 1.90. The van der Waals surface area contributed by atoms with Crippen LogP contribution in [0, 0.1) is 12.8 Å². The van der Waals surface area contributed by atoms with Crippen molar-refractivity contribution in [2.75, 3.05) is 6.54 Å². The molecule has 1 N–H and O–H groups in total. The standard InChI is InChI=1S/C20H23F3N2O2/c1-13(2)9-25-19(26)18-5-4-15(10-24-18)11-27-12-16-6-14(3)7-17(8-16)20(21,22)23/h4-8,10,13H,9,11-12H2,1-3H3,(H,25,26). The van der Waals surface area contributed by atoms with E-state index >= 15 is 0 Å². The van der Waals surface area contributed by atoms with Gasteiger partial charge in [0.1, 0.15) is 5.69 Å². The molecule has 2 aromatic rings. The third-order valence-electron chi connectivity index (χ3n) is 3.73. The van der Waals surface area contributed by atoms with Gasteiger partial charge in [0.15, 0.2) is 0 Å². The molecule has 146 valence electrons. The number of nitrogens with zero attached hydrogens (tertiary/aromatic N) is 1. The average molecular weight is 380 g/mol. The Morgan fingerprint density at radius 1 is 1.15 bits per heavy atom. The van der Waals surface area contributed by atoms with E-state index in [4.69, 9.17) is 4.74 Å². The molecule has 0 atom stereocenters. The fourth-order valence-corrected chi connectivity index (χ4v) is 2.43. The minimum absolute atomic E-state index is 0.0569. The van der Waals surface area contributed by atoms with Crippen molar-refractivity contribution in [3.8, 4) is 0 Å². The monoisotopic (exact) mass is 380 g/mol. The van der Waals surface area contributed by atoms with E-state index in [0.29, 0.717) is 29.3 Å². The molecule has 0 fully saturated rings. The highest BCUT2D eigenvalue weighted by Crippen LogP contribution is 2.30. The SMILES string of the molecule is Cc1cc(COCc2ccc(C(=O)NCC(C)C)nc2)cc(C(F)(F)F)c1. The topological polar surface area (TPSA) is 51.2 Å². The summed E-state index contributed by atoms with van der Waals surface area (Å²) in [6.45, 7) is 6.44. The number of carbonyl (C=O) groups excluding carboxylic acids is 1. The Bertz CT molecular complexity index is 772. The zero-order valence-electron chi connectivity index (χ0n) is 15.6. The quantitative estimate of drug-likeness (QED) is 0.769. The first-order chi connectivity index (χ1) is 12.6. The van der Waals surface area contributed by atoms with Crippen LogP contribution in [0.4, 0.5) is 13.2 Å². The van der Waals surface area contributed by atoms with Crippen LogP contribution in [0.15, 0.2) is 36.5 Å². The molecule has 1 heterocycles. The second-order valence-electron chi connectivity index (χ2n) is 6.85. The van der Waals surface area contributed by atoms with Gasteiger partial charge in [-0.3, -0.25) is 9.78 Å². The molecule has 0 aliphatic rings. The normalized spacial score (nSPS) is 11.7. The van der Waals surface area contributed by atoms with E-state index in [1.807, 2.05) is 13.8 Å². The lowest BCUT2D eigenvalue weighted by Crippen LogP contribution is -2.28. The van der Waals surface area contributed by atoms with Crippen LogP contribution < -0.4 is 5.32 Å². The van der Waals surface area contributed by atoms with Crippen LogP contribution in [0.5, 0.6) is 0 Å². The minimum Gasteiger partial charge on any atom is -0.372 e. The number of pyridine rings is 1. The molecule has 1 aromatic heterocycles. The maximum Gasteiger partial charge on any atom is 0.416 e. The fraction of sp³-hybridized carbons (Fsp3) is 0.400. The largest absolute Gasteiger partial charge is 0.416 e. The summed E-state index contributed by atoms with van der Waals surface area (Å²) >= 11 is 0. The van der Waals surface area contributed by atoms with Crippen molar-refractivity contribution >= 4 is 5.91 Å². The number of aryl methyl sites for hydroxylation is 1. The fourth-order valence-electron chi connectivity index (χ4n) is 2.43. The van der Waals surface area contributed by atoms with Gasteiger partial charge in [-0.1, -0.05) is 31.5 Å². The van der Waals surface area contributed by atoms with Gasteiger partial charge < -0.3 is 10.1 Å². The highest BCUT2D eigenvalue weighted by molar-refractivity contribution is 5.92. The van der Waals surface area contributed by atoms with E-state index in [1.165, 1.54) is 6.20 Å². The molecule has 7 heteroatoms. The maximum absolute atomic E-state index is 12.9. The number of ether oxygens (including phenoxy) is 1. The predicted octanol–water partition coefficient (Wildman–Crippen LogP) is 4.51. The Kier molecular flexibility index (Phi) is 6.96. The summed E-state index contributed by atoms with van der Waals surface area (Å²) in [5.74, 6) is 0.108. The van der Waals surface area contributed by atoms with Crippen LogP contribution in [0.3, 0.4) is 0 Å². The predicted molar refractivity (Wildman–Crippen MR) is 96.1 cm³/mol. The minimum atomic E-state index is -4.38. The summed E-state index contributed by atoms with van der Waals surface area (Å²) in [6, 6.07) is 7.18. The molecule has 0 aliphatic carbocycles. The summed E-state index contributed by atoms with van der Waals surface area (Å²) in [5, 5.41) is 2.78. The molecule has 1 amide bonds. The van der Waals surface area contributed by atoms with Gasteiger partial charge >= 0.3 is 6.18 Å². The van der Waals surface area contributed by atoms with Gasteiger partial charge in [0, 0.05) is 12.7 Å². The molecule has 4 nitrogen and oxygen atoms in total. The zero-order valence-corrected chi connectivity index (χ0v) is 15.6. The number of amides is 1. The molecular formula is C20H23F3N2O2. The molecular weight excluding hydrogens is 357 g/mol. The van der Waals surface area contributed by atoms with Gasteiger partial charge in [-0.05, 0) is 42.2 Å². The van der Waals surface area contributed by atoms with Crippen LogP contribution in [-0.2, 0) is 24.1 Å². The van der Waals surface area contributed by atoms with Gasteiger partial charge in [0.05, 0.1) is 18.8 Å². The summed E-state index contributed by atoms with van der Waals surface area (Å²) < 4.78 is 44.1. The van der Waals surface area contributed by atoms with Crippen molar-refractivity contribution in [1.82, 2.24) is 10.3 Å². The molecule has 0 bridgehead atoms. The zero-order chi connectivity index (χ0) is 20.0. The van der Waals surface area contributed by atoms with Gasteiger partial charge in [0.25, 0.3) is 5.91 Å².